The zero-order valence-electron chi connectivity index (χ0n) is 18.0. The Morgan fingerprint density at radius 2 is 2.12 bits per heavy atom. The Kier molecular flexibility index (Phi) is 6.63. The molecule has 0 aliphatic carbocycles. The highest BCUT2D eigenvalue weighted by atomic mass is 35.5. The fraction of sp³-hybridized carbons (Fsp3) is 0.240. The lowest BCUT2D eigenvalue weighted by Gasteiger charge is -2.28. The predicted octanol–water partition coefficient (Wildman–Crippen LogP) is 5.21. The third-order valence-electron chi connectivity index (χ3n) is 5.84. The van der Waals surface area contributed by atoms with Gasteiger partial charge in [-0.05, 0) is 61.9 Å². The molecule has 0 spiro atoms. The molecule has 3 aromatic rings. The van der Waals surface area contributed by atoms with Gasteiger partial charge in [-0.1, -0.05) is 17.7 Å². The molecule has 1 atom stereocenters. The van der Waals surface area contributed by atoms with Crippen molar-refractivity contribution in [2.24, 2.45) is 0 Å². The molecule has 1 aliphatic rings. The zero-order chi connectivity index (χ0) is 22.7. The van der Waals surface area contributed by atoms with Crippen molar-refractivity contribution in [3.63, 3.8) is 0 Å². The van der Waals surface area contributed by atoms with Gasteiger partial charge in [0.15, 0.2) is 0 Å². The lowest BCUT2D eigenvalue weighted by Crippen LogP contribution is -2.35. The molecule has 2 aromatic carbocycles. The topological polar surface area (TPSA) is 46.5 Å². The number of halogens is 2. The molecule has 1 amide bonds. The summed E-state index contributed by atoms with van der Waals surface area (Å²) in [4.78, 5) is 12.9. The summed E-state index contributed by atoms with van der Waals surface area (Å²) in [6.07, 6.45) is 8.14. The van der Waals surface area contributed by atoms with Crippen LogP contribution in [0.25, 0.3) is 16.6 Å². The smallest absolute Gasteiger partial charge is 0.211 e. The highest BCUT2D eigenvalue weighted by Gasteiger charge is 2.24. The van der Waals surface area contributed by atoms with E-state index < -0.39 is 0 Å². The van der Waals surface area contributed by atoms with Crippen LogP contribution < -0.4 is 10.1 Å². The maximum atomic E-state index is 13.6. The monoisotopic (exact) mass is 453 g/mol. The number of nitrogens with one attached hydrogen (secondary N) is 1. The van der Waals surface area contributed by atoms with Crippen molar-refractivity contribution in [2.45, 2.75) is 26.4 Å². The van der Waals surface area contributed by atoms with E-state index in [1.807, 2.05) is 42.0 Å². The normalized spacial score (nSPS) is 15.9. The second kappa shape index (κ2) is 9.59. The summed E-state index contributed by atoms with van der Waals surface area (Å²) in [6.45, 7) is 6.03. The summed E-state index contributed by atoms with van der Waals surface area (Å²) in [7, 11) is 0. The minimum atomic E-state index is -0.259. The first kappa shape index (κ1) is 22.1. The SMILES string of the molecule is C/C=C(\C=C/NC=O)C(C)N1CCOc2c(Cl)cc(-n3ccc4cc(F)ccc43)cc2C1. The van der Waals surface area contributed by atoms with E-state index in [2.05, 4.69) is 23.2 Å². The molecule has 32 heavy (non-hydrogen) atoms. The van der Waals surface area contributed by atoms with Crippen LogP contribution in [0.15, 0.2) is 66.5 Å². The van der Waals surface area contributed by atoms with Crippen LogP contribution in [0.4, 0.5) is 4.39 Å². The minimum Gasteiger partial charge on any atom is -0.490 e. The number of hydrogen-bond acceptors (Lipinski definition) is 3. The van der Waals surface area contributed by atoms with Crippen LogP contribution in [0.1, 0.15) is 19.4 Å². The Labute approximate surface area is 191 Å². The van der Waals surface area contributed by atoms with Gasteiger partial charge in [0.25, 0.3) is 0 Å². The zero-order valence-corrected chi connectivity index (χ0v) is 18.8. The molecule has 1 aliphatic heterocycles. The fourth-order valence-electron chi connectivity index (χ4n) is 4.16. The van der Waals surface area contributed by atoms with Gasteiger partial charge in [-0.2, -0.15) is 0 Å². The number of benzene rings is 2. The largest absolute Gasteiger partial charge is 0.490 e. The van der Waals surface area contributed by atoms with Crippen molar-refractivity contribution in [1.29, 1.82) is 0 Å². The molecule has 1 unspecified atom stereocenters. The maximum absolute atomic E-state index is 13.6. The molecule has 0 radical (unpaired) electrons. The second-order valence-corrected chi connectivity index (χ2v) is 8.11. The average molecular weight is 454 g/mol. The van der Waals surface area contributed by atoms with E-state index >= 15 is 0 Å². The lowest BCUT2D eigenvalue weighted by atomic mass is 10.1. The molecule has 4 rings (SSSR count). The highest BCUT2D eigenvalue weighted by molar-refractivity contribution is 6.32. The summed E-state index contributed by atoms with van der Waals surface area (Å²) >= 11 is 6.63. The molecule has 166 valence electrons. The standard InChI is InChI=1S/C25H25ClFN3O2/c1-3-18(6-8-28-16-31)17(2)29-10-11-32-25-20(15-29)13-22(14-23(25)26)30-9-7-19-12-21(27)4-5-24(19)30/h3-9,12-14,16-17H,10-11,15H2,1-2H3,(H,28,31)/b8-6-,18-3+. The number of rotatable bonds is 6. The van der Waals surface area contributed by atoms with E-state index in [4.69, 9.17) is 16.3 Å². The first-order chi connectivity index (χ1) is 15.5. The van der Waals surface area contributed by atoms with Crippen molar-refractivity contribution in [3.05, 3.63) is 82.9 Å². The predicted molar refractivity (Wildman–Crippen MR) is 126 cm³/mol. The van der Waals surface area contributed by atoms with Crippen LogP contribution in [-0.2, 0) is 11.3 Å². The Bertz CT molecular complexity index is 1200. The van der Waals surface area contributed by atoms with Gasteiger partial charge in [0.1, 0.15) is 18.2 Å². The van der Waals surface area contributed by atoms with E-state index in [1.54, 1.807) is 12.3 Å². The van der Waals surface area contributed by atoms with Crippen molar-refractivity contribution in [2.75, 3.05) is 13.2 Å². The van der Waals surface area contributed by atoms with Gasteiger partial charge in [-0.3, -0.25) is 9.69 Å². The van der Waals surface area contributed by atoms with Crippen LogP contribution in [-0.4, -0.2) is 35.1 Å². The van der Waals surface area contributed by atoms with Crippen molar-refractivity contribution in [1.82, 2.24) is 14.8 Å². The van der Waals surface area contributed by atoms with Crippen LogP contribution >= 0.6 is 11.6 Å². The molecule has 7 heteroatoms. The quantitative estimate of drug-likeness (QED) is 0.411. The molecule has 0 saturated heterocycles. The van der Waals surface area contributed by atoms with Gasteiger partial charge in [0.2, 0.25) is 6.41 Å². The Hall–Kier alpha value is -3.09. The Balaban J connectivity index is 1.68. The Morgan fingerprint density at radius 1 is 1.28 bits per heavy atom. The van der Waals surface area contributed by atoms with Gasteiger partial charge >= 0.3 is 0 Å². The van der Waals surface area contributed by atoms with Gasteiger partial charge in [0.05, 0.1) is 10.5 Å². The molecule has 1 N–H and O–H groups in total. The van der Waals surface area contributed by atoms with Gasteiger partial charge in [0, 0.05) is 48.2 Å². The maximum Gasteiger partial charge on any atom is 0.211 e. The Morgan fingerprint density at radius 3 is 2.91 bits per heavy atom. The number of amides is 1. The summed E-state index contributed by atoms with van der Waals surface area (Å²) in [6, 6.07) is 10.7. The number of nitrogens with zero attached hydrogens (tertiary/aromatic N) is 2. The van der Waals surface area contributed by atoms with E-state index in [-0.39, 0.29) is 11.9 Å². The van der Waals surface area contributed by atoms with Crippen LogP contribution in [0.3, 0.4) is 0 Å². The third-order valence-corrected chi connectivity index (χ3v) is 6.12. The lowest BCUT2D eigenvalue weighted by molar-refractivity contribution is -0.108. The first-order valence-corrected chi connectivity index (χ1v) is 10.9. The van der Waals surface area contributed by atoms with Gasteiger partial charge < -0.3 is 14.6 Å². The van der Waals surface area contributed by atoms with Crippen molar-refractivity contribution < 1.29 is 13.9 Å². The first-order valence-electron chi connectivity index (χ1n) is 10.5. The van der Waals surface area contributed by atoms with E-state index in [9.17, 15) is 9.18 Å². The van der Waals surface area contributed by atoms with E-state index in [0.29, 0.717) is 30.3 Å². The average Bonchev–Trinajstić information content (AvgIpc) is 3.07. The number of fused-ring (bicyclic) bond motifs is 2. The molecule has 0 saturated carbocycles. The van der Waals surface area contributed by atoms with Crippen LogP contribution in [0.5, 0.6) is 5.75 Å². The summed E-state index contributed by atoms with van der Waals surface area (Å²) in [5.74, 6) is 0.443. The third kappa shape index (κ3) is 4.42. The van der Waals surface area contributed by atoms with Crippen LogP contribution in [0, 0.1) is 5.82 Å². The number of allylic oxidation sites excluding steroid dienone is 1. The fourth-order valence-corrected chi connectivity index (χ4v) is 4.44. The summed E-state index contributed by atoms with van der Waals surface area (Å²) in [5, 5.41) is 3.94. The van der Waals surface area contributed by atoms with Crippen molar-refractivity contribution >= 4 is 28.9 Å². The molecule has 0 bridgehead atoms. The van der Waals surface area contributed by atoms with Gasteiger partial charge in [-0.25, -0.2) is 4.39 Å². The number of ether oxygens (including phenoxy) is 1. The highest BCUT2D eigenvalue weighted by Crippen LogP contribution is 2.36. The second-order valence-electron chi connectivity index (χ2n) is 7.71. The molecule has 2 heterocycles. The molecule has 1 aromatic heterocycles. The summed E-state index contributed by atoms with van der Waals surface area (Å²) in [5.41, 5.74) is 3.88. The van der Waals surface area contributed by atoms with Crippen molar-refractivity contribution in [3.8, 4) is 11.4 Å². The van der Waals surface area contributed by atoms with Gasteiger partial charge in [-0.15, -0.1) is 0 Å². The number of carbonyl (C=O) groups is 1. The molecular formula is C25H25ClFN3O2. The minimum absolute atomic E-state index is 0.108. The van der Waals surface area contributed by atoms with E-state index in [1.165, 1.54) is 12.1 Å². The summed E-state index contributed by atoms with van der Waals surface area (Å²) < 4.78 is 21.6. The number of aromatic nitrogens is 1. The molecular weight excluding hydrogens is 429 g/mol. The number of hydrogen-bond donors (Lipinski definition) is 1. The number of carbonyl (C=O) groups excluding carboxylic acids is 1. The van der Waals surface area contributed by atoms with Crippen LogP contribution in [0.2, 0.25) is 5.02 Å². The molecule has 5 nitrogen and oxygen atoms in total. The van der Waals surface area contributed by atoms with E-state index in [0.717, 1.165) is 34.3 Å². The molecule has 0 fully saturated rings.